The van der Waals surface area contributed by atoms with Crippen molar-refractivity contribution >= 4 is 17.7 Å². The Morgan fingerprint density at radius 1 is 1.62 bits per heavy atom. The van der Waals surface area contributed by atoms with Crippen molar-refractivity contribution in [2.24, 2.45) is 0 Å². The standard InChI is InChI=1S/C9H17NO2S/c1-4-9(5-2)10-7(6-13-9)8(11)12-3/h7,10H,4-6H2,1-3H3. The zero-order valence-corrected chi connectivity index (χ0v) is 9.24. The second-order valence-electron chi connectivity index (χ2n) is 3.23. The number of carbonyl (C=O) groups is 1. The van der Waals surface area contributed by atoms with Crippen LogP contribution >= 0.6 is 11.8 Å². The second kappa shape index (κ2) is 4.33. The number of rotatable bonds is 3. The molecular weight excluding hydrogens is 186 g/mol. The number of esters is 1. The van der Waals surface area contributed by atoms with E-state index < -0.39 is 0 Å². The van der Waals surface area contributed by atoms with E-state index >= 15 is 0 Å². The van der Waals surface area contributed by atoms with E-state index in [0.717, 1.165) is 18.6 Å². The van der Waals surface area contributed by atoms with Crippen LogP contribution < -0.4 is 5.32 Å². The summed E-state index contributed by atoms with van der Waals surface area (Å²) in [5, 5.41) is 3.34. The van der Waals surface area contributed by atoms with Gasteiger partial charge in [0, 0.05) is 5.75 Å². The van der Waals surface area contributed by atoms with Gasteiger partial charge in [-0.2, -0.15) is 0 Å². The van der Waals surface area contributed by atoms with E-state index in [1.165, 1.54) is 7.11 Å². The van der Waals surface area contributed by atoms with Crippen LogP contribution in [0.1, 0.15) is 26.7 Å². The van der Waals surface area contributed by atoms with Crippen molar-refractivity contribution in [1.82, 2.24) is 5.32 Å². The summed E-state index contributed by atoms with van der Waals surface area (Å²) in [6, 6.07) is -0.116. The normalized spacial score (nSPS) is 25.9. The van der Waals surface area contributed by atoms with Crippen molar-refractivity contribution in [1.29, 1.82) is 0 Å². The van der Waals surface area contributed by atoms with E-state index in [-0.39, 0.29) is 16.9 Å². The minimum Gasteiger partial charge on any atom is -0.468 e. The highest BCUT2D eigenvalue weighted by Crippen LogP contribution is 2.36. The largest absolute Gasteiger partial charge is 0.468 e. The second-order valence-corrected chi connectivity index (χ2v) is 4.64. The Morgan fingerprint density at radius 2 is 2.23 bits per heavy atom. The Balaban J connectivity index is 2.56. The fourth-order valence-corrected chi connectivity index (χ4v) is 2.91. The van der Waals surface area contributed by atoms with Gasteiger partial charge in [0.2, 0.25) is 0 Å². The van der Waals surface area contributed by atoms with Crippen LogP contribution in [-0.2, 0) is 9.53 Å². The third-order valence-electron chi connectivity index (χ3n) is 2.59. The van der Waals surface area contributed by atoms with Crippen LogP contribution in [-0.4, -0.2) is 29.7 Å². The number of hydrogen-bond acceptors (Lipinski definition) is 4. The molecule has 0 amide bonds. The zero-order chi connectivity index (χ0) is 9.90. The smallest absolute Gasteiger partial charge is 0.323 e. The van der Waals surface area contributed by atoms with Crippen molar-refractivity contribution in [3.8, 4) is 0 Å². The summed E-state index contributed by atoms with van der Waals surface area (Å²) < 4.78 is 4.70. The van der Waals surface area contributed by atoms with Gasteiger partial charge < -0.3 is 4.74 Å². The molecule has 1 aliphatic heterocycles. The van der Waals surface area contributed by atoms with Crippen molar-refractivity contribution in [3.05, 3.63) is 0 Å². The number of ether oxygens (including phenoxy) is 1. The van der Waals surface area contributed by atoms with Gasteiger partial charge in [0.25, 0.3) is 0 Å². The molecule has 76 valence electrons. The fourth-order valence-electron chi connectivity index (χ4n) is 1.57. The number of thioether (sulfide) groups is 1. The van der Waals surface area contributed by atoms with Crippen LogP contribution in [0, 0.1) is 0 Å². The molecule has 3 nitrogen and oxygen atoms in total. The van der Waals surface area contributed by atoms with Gasteiger partial charge >= 0.3 is 5.97 Å². The first kappa shape index (κ1) is 10.9. The SMILES string of the molecule is CCC1(CC)NC(C(=O)OC)CS1. The molecule has 0 radical (unpaired) electrons. The molecule has 1 N–H and O–H groups in total. The predicted octanol–water partition coefficient (Wildman–Crippen LogP) is 1.38. The summed E-state index contributed by atoms with van der Waals surface area (Å²) in [7, 11) is 1.44. The Kier molecular flexibility index (Phi) is 3.62. The van der Waals surface area contributed by atoms with Crippen molar-refractivity contribution in [2.75, 3.05) is 12.9 Å². The number of carbonyl (C=O) groups excluding carboxylic acids is 1. The average molecular weight is 203 g/mol. The molecule has 0 aromatic carbocycles. The lowest BCUT2D eigenvalue weighted by molar-refractivity contribution is -0.142. The van der Waals surface area contributed by atoms with Crippen LogP contribution in [0.3, 0.4) is 0 Å². The van der Waals surface area contributed by atoms with E-state index in [1.54, 1.807) is 0 Å². The molecule has 1 fully saturated rings. The first-order valence-corrected chi connectivity index (χ1v) is 5.65. The zero-order valence-electron chi connectivity index (χ0n) is 8.42. The first-order valence-electron chi connectivity index (χ1n) is 4.67. The molecule has 1 saturated heterocycles. The topological polar surface area (TPSA) is 38.3 Å². The quantitative estimate of drug-likeness (QED) is 0.703. The molecule has 1 aliphatic rings. The number of nitrogens with one attached hydrogen (secondary N) is 1. The summed E-state index contributed by atoms with van der Waals surface area (Å²) in [5.74, 6) is 0.685. The molecule has 1 heterocycles. The van der Waals surface area contributed by atoms with E-state index in [9.17, 15) is 4.79 Å². The van der Waals surface area contributed by atoms with Gasteiger partial charge in [-0.1, -0.05) is 13.8 Å². The van der Waals surface area contributed by atoms with E-state index in [1.807, 2.05) is 11.8 Å². The third-order valence-corrected chi connectivity index (χ3v) is 4.34. The van der Waals surface area contributed by atoms with Crippen LogP contribution in [0.25, 0.3) is 0 Å². The van der Waals surface area contributed by atoms with Gasteiger partial charge in [0.1, 0.15) is 6.04 Å². The maximum absolute atomic E-state index is 11.2. The van der Waals surface area contributed by atoms with Gasteiger partial charge in [-0.3, -0.25) is 10.1 Å². The van der Waals surface area contributed by atoms with Crippen molar-refractivity contribution in [2.45, 2.75) is 37.6 Å². The number of methoxy groups -OCH3 is 1. The van der Waals surface area contributed by atoms with E-state index in [2.05, 4.69) is 19.2 Å². The van der Waals surface area contributed by atoms with E-state index in [0.29, 0.717) is 0 Å². The number of hydrogen-bond donors (Lipinski definition) is 1. The van der Waals surface area contributed by atoms with Crippen LogP contribution in [0.2, 0.25) is 0 Å². The minimum absolute atomic E-state index is 0.0961. The molecule has 0 spiro atoms. The van der Waals surface area contributed by atoms with Gasteiger partial charge in [-0.05, 0) is 12.8 Å². The molecule has 13 heavy (non-hydrogen) atoms. The Bertz CT molecular complexity index is 192. The highest BCUT2D eigenvalue weighted by molar-refractivity contribution is 8.00. The van der Waals surface area contributed by atoms with Crippen LogP contribution in [0.4, 0.5) is 0 Å². The Labute approximate surface area is 83.6 Å². The summed E-state index contributed by atoms with van der Waals surface area (Å²) in [6.45, 7) is 4.28. The average Bonchev–Trinajstić information content (AvgIpc) is 2.61. The highest BCUT2D eigenvalue weighted by atomic mass is 32.2. The molecule has 1 atom stereocenters. The maximum Gasteiger partial charge on any atom is 0.323 e. The summed E-state index contributed by atoms with van der Waals surface area (Å²) in [4.78, 5) is 11.3. The summed E-state index contributed by atoms with van der Waals surface area (Å²) >= 11 is 1.83. The minimum atomic E-state index is -0.142. The lowest BCUT2D eigenvalue weighted by Crippen LogP contribution is -2.44. The summed E-state index contributed by atoms with van der Waals surface area (Å²) in [6.07, 6.45) is 2.09. The Morgan fingerprint density at radius 3 is 2.62 bits per heavy atom. The lowest BCUT2D eigenvalue weighted by Gasteiger charge is -2.26. The predicted molar refractivity (Wildman–Crippen MR) is 54.7 cm³/mol. The van der Waals surface area contributed by atoms with Gasteiger partial charge in [-0.15, -0.1) is 11.8 Å². The third kappa shape index (κ3) is 2.17. The molecule has 0 aliphatic carbocycles. The first-order chi connectivity index (χ1) is 6.17. The molecule has 0 aromatic rings. The fraction of sp³-hybridized carbons (Fsp3) is 0.889. The Hall–Kier alpha value is -0.220. The van der Waals surface area contributed by atoms with Gasteiger partial charge in [-0.25, -0.2) is 0 Å². The van der Waals surface area contributed by atoms with Gasteiger partial charge in [0.05, 0.1) is 12.0 Å². The monoisotopic (exact) mass is 203 g/mol. The highest BCUT2D eigenvalue weighted by Gasteiger charge is 2.39. The van der Waals surface area contributed by atoms with Crippen LogP contribution in [0.5, 0.6) is 0 Å². The maximum atomic E-state index is 11.2. The van der Waals surface area contributed by atoms with Crippen molar-refractivity contribution < 1.29 is 9.53 Å². The molecule has 0 saturated carbocycles. The summed E-state index contributed by atoms with van der Waals surface area (Å²) in [5.41, 5.74) is 0. The molecule has 0 aromatic heterocycles. The van der Waals surface area contributed by atoms with Crippen LogP contribution in [0.15, 0.2) is 0 Å². The molecule has 4 heteroatoms. The van der Waals surface area contributed by atoms with Gasteiger partial charge in [0.15, 0.2) is 0 Å². The van der Waals surface area contributed by atoms with E-state index in [4.69, 9.17) is 4.74 Å². The molecule has 1 unspecified atom stereocenters. The van der Waals surface area contributed by atoms with Crippen molar-refractivity contribution in [3.63, 3.8) is 0 Å². The lowest BCUT2D eigenvalue weighted by atomic mass is 10.1. The molecule has 0 bridgehead atoms. The molecular formula is C9H17NO2S. The molecule has 1 rings (SSSR count).